The van der Waals surface area contributed by atoms with Crippen molar-refractivity contribution in [3.63, 3.8) is 0 Å². The van der Waals surface area contributed by atoms with Crippen LogP contribution in [-0.4, -0.2) is 16.8 Å². The molecule has 0 fully saturated rings. The normalized spacial score (nSPS) is 13.6. The van der Waals surface area contributed by atoms with Gasteiger partial charge in [-0.2, -0.15) is 0 Å². The largest absolute Gasteiger partial charge is 0.342 e. The quantitative estimate of drug-likeness (QED) is 0.877. The molecule has 1 unspecified atom stereocenters. The SMILES string of the molecule is Cc1ccc(C(=O)NC(C)(CCl)c2ccccc2)cn1. The molecular formula is C16H17ClN2O. The van der Waals surface area contributed by atoms with Crippen LogP contribution in [-0.2, 0) is 5.54 Å². The minimum absolute atomic E-state index is 0.176. The summed E-state index contributed by atoms with van der Waals surface area (Å²) in [5, 5.41) is 2.98. The summed E-state index contributed by atoms with van der Waals surface area (Å²) in [6, 6.07) is 13.3. The Labute approximate surface area is 124 Å². The van der Waals surface area contributed by atoms with Gasteiger partial charge in [-0.25, -0.2) is 0 Å². The van der Waals surface area contributed by atoms with Gasteiger partial charge in [0.15, 0.2) is 0 Å². The lowest BCUT2D eigenvalue weighted by Crippen LogP contribution is -2.45. The Morgan fingerprint density at radius 3 is 2.50 bits per heavy atom. The van der Waals surface area contributed by atoms with Crippen molar-refractivity contribution in [1.82, 2.24) is 10.3 Å². The van der Waals surface area contributed by atoms with Gasteiger partial charge in [-0.15, -0.1) is 11.6 Å². The fraction of sp³-hybridized carbons (Fsp3) is 0.250. The Morgan fingerprint density at radius 1 is 1.25 bits per heavy atom. The van der Waals surface area contributed by atoms with E-state index in [1.165, 1.54) is 0 Å². The van der Waals surface area contributed by atoms with Gasteiger partial charge < -0.3 is 5.32 Å². The van der Waals surface area contributed by atoms with Crippen LogP contribution < -0.4 is 5.32 Å². The molecule has 0 aliphatic rings. The summed E-state index contributed by atoms with van der Waals surface area (Å²) in [4.78, 5) is 16.4. The highest BCUT2D eigenvalue weighted by Gasteiger charge is 2.27. The molecule has 0 bridgehead atoms. The lowest BCUT2D eigenvalue weighted by molar-refractivity contribution is 0.0913. The zero-order valence-electron chi connectivity index (χ0n) is 11.6. The van der Waals surface area contributed by atoms with Crippen molar-refractivity contribution in [2.75, 3.05) is 5.88 Å². The van der Waals surface area contributed by atoms with E-state index < -0.39 is 5.54 Å². The molecule has 0 saturated carbocycles. The van der Waals surface area contributed by atoms with Crippen molar-refractivity contribution in [2.24, 2.45) is 0 Å². The van der Waals surface area contributed by atoms with E-state index in [1.807, 2.05) is 50.2 Å². The molecule has 1 heterocycles. The molecule has 1 atom stereocenters. The van der Waals surface area contributed by atoms with Crippen LogP contribution in [0.15, 0.2) is 48.7 Å². The first-order valence-electron chi connectivity index (χ1n) is 6.42. The van der Waals surface area contributed by atoms with Gasteiger partial charge in [0.1, 0.15) is 0 Å². The summed E-state index contributed by atoms with van der Waals surface area (Å²) in [5.74, 6) is 0.117. The minimum atomic E-state index is -0.606. The fourth-order valence-corrected chi connectivity index (χ4v) is 2.13. The van der Waals surface area contributed by atoms with Crippen LogP contribution in [0.5, 0.6) is 0 Å². The number of nitrogens with zero attached hydrogens (tertiary/aromatic N) is 1. The van der Waals surface area contributed by atoms with E-state index in [1.54, 1.807) is 12.3 Å². The maximum Gasteiger partial charge on any atom is 0.253 e. The summed E-state index contributed by atoms with van der Waals surface area (Å²) in [7, 11) is 0. The highest BCUT2D eigenvalue weighted by atomic mass is 35.5. The van der Waals surface area contributed by atoms with Gasteiger partial charge in [0.2, 0.25) is 0 Å². The van der Waals surface area contributed by atoms with E-state index in [2.05, 4.69) is 10.3 Å². The first-order valence-corrected chi connectivity index (χ1v) is 6.95. The molecule has 1 aromatic carbocycles. The van der Waals surface area contributed by atoms with E-state index in [4.69, 9.17) is 11.6 Å². The number of aromatic nitrogens is 1. The number of nitrogens with one attached hydrogen (secondary N) is 1. The molecule has 2 aromatic rings. The molecule has 4 heteroatoms. The molecule has 1 N–H and O–H groups in total. The second-order valence-corrected chi connectivity index (χ2v) is 5.24. The van der Waals surface area contributed by atoms with Gasteiger partial charge in [-0.05, 0) is 31.5 Å². The Bertz CT molecular complexity index is 583. The van der Waals surface area contributed by atoms with Crippen LogP contribution in [0.2, 0.25) is 0 Å². The first kappa shape index (κ1) is 14.5. The summed E-state index contributed by atoms with van der Waals surface area (Å²) in [5.41, 5.74) is 1.78. The molecule has 0 aliphatic carbocycles. The van der Waals surface area contributed by atoms with Gasteiger partial charge in [0.25, 0.3) is 5.91 Å². The van der Waals surface area contributed by atoms with Crippen LogP contribution in [0, 0.1) is 6.92 Å². The number of aryl methyl sites for hydroxylation is 1. The number of benzene rings is 1. The Hall–Kier alpha value is -1.87. The van der Waals surface area contributed by atoms with Crippen LogP contribution in [0.25, 0.3) is 0 Å². The second kappa shape index (κ2) is 6.06. The zero-order chi connectivity index (χ0) is 14.6. The number of hydrogen-bond donors (Lipinski definition) is 1. The summed E-state index contributed by atoms with van der Waals surface area (Å²) >= 11 is 6.07. The van der Waals surface area contributed by atoms with Gasteiger partial charge in [-0.3, -0.25) is 9.78 Å². The van der Waals surface area contributed by atoms with Crippen molar-refractivity contribution in [1.29, 1.82) is 0 Å². The highest BCUT2D eigenvalue weighted by molar-refractivity contribution is 6.19. The Kier molecular flexibility index (Phi) is 4.40. The van der Waals surface area contributed by atoms with Crippen molar-refractivity contribution >= 4 is 17.5 Å². The van der Waals surface area contributed by atoms with Gasteiger partial charge in [0, 0.05) is 17.8 Å². The monoisotopic (exact) mass is 288 g/mol. The van der Waals surface area contributed by atoms with Crippen molar-refractivity contribution in [3.05, 3.63) is 65.5 Å². The van der Waals surface area contributed by atoms with E-state index in [0.717, 1.165) is 11.3 Å². The number of hydrogen-bond acceptors (Lipinski definition) is 2. The predicted octanol–water partition coefficient (Wildman–Crippen LogP) is 3.27. The predicted molar refractivity (Wildman–Crippen MR) is 81.0 cm³/mol. The van der Waals surface area contributed by atoms with E-state index >= 15 is 0 Å². The van der Waals surface area contributed by atoms with E-state index in [-0.39, 0.29) is 5.91 Å². The van der Waals surface area contributed by atoms with Gasteiger partial charge >= 0.3 is 0 Å². The van der Waals surface area contributed by atoms with E-state index in [9.17, 15) is 4.79 Å². The number of rotatable bonds is 4. The fourth-order valence-electron chi connectivity index (χ4n) is 1.91. The lowest BCUT2D eigenvalue weighted by Gasteiger charge is -2.29. The third-order valence-electron chi connectivity index (χ3n) is 3.24. The van der Waals surface area contributed by atoms with Crippen LogP contribution in [0.4, 0.5) is 0 Å². The van der Waals surface area contributed by atoms with Gasteiger partial charge in [0.05, 0.1) is 11.1 Å². The summed E-state index contributed by atoms with van der Waals surface area (Å²) < 4.78 is 0. The van der Waals surface area contributed by atoms with Crippen LogP contribution in [0.3, 0.4) is 0 Å². The maximum absolute atomic E-state index is 12.3. The first-order chi connectivity index (χ1) is 9.55. The third kappa shape index (κ3) is 3.17. The van der Waals surface area contributed by atoms with Crippen LogP contribution >= 0.6 is 11.6 Å². The molecular weight excluding hydrogens is 272 g/mol. The maximum atomic E-state index is 12.3. The van der Waals surface area contributed by atoms with Crippen molar-refractivity contribution in [2.45, 2.75) is 19.4 Å². The number of carbonyl (C=O) groups is 1. The topological polar surface area (TPSA) is 42.0 Å². The molecule has 0 saturated heterocycles. The number of carbonyl (C=O) groups excluding carboxylic acids is 1. The molecule has 1 aromatic heterocycles. The van der Waals surface area contributed by atoms with Crippen molar-refractivity contribution < 1.29 is 4.79 Å². The van der Waals surface area contributed by atoms with Crippen LogP contribution in [0.1, 0.15) is 28.5 Å². The zero-order valence-corrected chi connectivity index (χ0v) is 12.3. The number of alkyl halides is 1. The molecule has 1 amide bonds. The number of halogens is 1. The minimum Gasteiger partial charge on any atom is -0.342 e. The lowest BCUT2D eigenvalue weighted by atomic mass is 9.93. The highest BCUT2D eigenvalue weighted by Crippen LogP contribution is 2.22. The molecule has 0 aliphatic heterocycles. The number of amides is 1. The average molecular weight is 289 g/mol. The average Bonchev–Trinajstić information content (AvgIpc) is 2.48. The Morgan fingerprint density at radius 2 is 1.95 bits per heavy atom. The molecule has 0 radical (unpaired) electrons. The molecule has 0 spiro atoms. The molecule has 104 valence electrons. The van der Waals surface area contributed by atoms with E-state index in [0.29, 0.717) is 11.4 Å². The molecule has 20 heavy (non-hydrogen) atoms. The van der Waals surface area contributed by atoms with Gasteiger partial charge in [-0.1, -0.05) is 30.3 Å². The number of pyridine rings is 1. The molecule has 2 rings (SSSR count). The smallest absolute Gasteiger partial charge is 0.253 e. The Balaban J connectivity index is 2.22. The third-order valence-corrected chi connectivity index (χ3v) is 3.78. The summed E-state index contributed by atoms with van der Waals surface area (Å²) in [6.45, 7) is 3.80. The van der Waals surface area contributed by atoms with Crippen molar-refractivity contribution in [3.8, 4) is 0 Å². The summed E-state index contributed by atoms with van der Waals surface area (Å²) in [6.07, 6.45) is 1.57. The molecule has 3 nitrogen and oxygen atoms in total. The second-order valence-electron chi connectivity index (χ2n) is 4.97. The standard InChI is InChI=1S/C16H17ClN2O/c1-12-8-9-13(10-18-12)15(20)19-16(2,11-17)14-6-4-3-5-7-14/h3-10H,11H2,1-2H3,(H,19,20).